The molecular formula is C13H16ClN3O. The average Bonchev–Trinajstić information content (AvgIpc) is 2.39. The second-order valence-electron chi connectivity index (χ2n) is 4.21. The van der Waals surface area contributed by atoms with E-state index in [1.54, 1.807) is 0 Å². The van der Waals surface area contributed by atoms with Gasteiger partial charge in [-0.15, -0.1) is 12.4 Å². The number of hydrogen-bond acceptors (Lipinski definition) is 4. The number of hydrogen-bond donors (Lipinski definition) is 0. The highest BCUT2D eigenvalue weighted by atomic mass is 35.5. The van der Waals surface area contributed by atoms with E-state index in [1.165, 1.54) is 0 Å². The highest BCUT2D eigenvalue weighted by Gasteiger charge is 2.15. The van der Waals surface area contributed by atoms with Gasteiger partial charge in [0.05, 0.1) is 18.7 Å². The van der Waals surface area contributed by atoms with Crippen molar-refractivity contribution in [3.8, 4) is 0 Å². The van der Waals surface area contributed by atoms with Gasteiger partial charge in [-0.05, 0) is 19.1 Å². The lowest BCUT2D eigenvalue weighted by Gasteiger charge is -2.28. The van der Waals surface area contributed by atoms with Crippen LogP contribution >= 0.6 is 12.4 Å². The monoisotopic (exact) mass is 265 g/mol. The van der Waals surface area contributed by atoms with Crippen molar-refractivity contribution in [2.75, 3.05) is 31.2 Å². The van der Waals surface area contributed by atoms with Crippen molar-refractivity contribution >= 4 is 29.1 Å². The molecular weight excluding hydrogens is 250 g/mol. The number of aromatic nitrogens is 2. The summed E-state index contributed by atoms with van der Waals surface area (Å²) in [5, 5.41) is 1.13. The molecule has 96 valence electrons. The van der Waals surface area contributed by atoms with E-state index >= 15 is 0 Å². The molecule has 0 spiro atoms. The van der Waals surface area contributed by atoms with Crippen molar-refractivity contribution in [1.82, 2.24) is 9.97 Å². The van der Waals surface area contributed by atoms with Gasteiger partial charge < -0.3 is 9.64 Å². The Bertz CT molecular complexity index is 541. The lowest BCUT2D eigenvalue weighted by Crippen LogP contribution is -2.37. The van der Waals surface area contributed by atoms with E-state index in [0.717, 1.165) is 48.8 Å². The van der Waals surface area contributed by atoms with Gasteiger partial charge in [0.25, 0.3) is 0 Å². The van der Waals surface area contributed by atoms with Gasteiger partial charge in [0.1, 0.15) is 11.6 Å². The van der Waals surface area contributed by atoms with Gasteiger partial charge in [0, 0.05) is 18.5 Å². The van der Waals surface area contributed by atoms with Gasteiger partial charge in [0.15, 0.2) is 0 Å². The first kappa shape index (κ1) is 13.1. The zero-order valence-electron chi connectivity index (χ0n) is 10.3. The SMILES string of the molecule is Cc1nc(N2CCOCC2)c2ccccc2n1.Cl. The number of rotatable bonds is 1. The van der Waals surface area contributed by atoms with Crippen molar-refractivity contribution in [2.45, 2.75) is 6.92 Å². The average molecular weight is 266 g/mol. The maximum atomic E-state index is 5.38. The van der Waals surface area contributed by atoms with Gasteiger partial charge >= 0.3 is 0 Å². The van der Waals surface area contributed by atoms with Crippen LogP contribution < -0.4 is 4.90 Å². The summed E-state index contributed by atoms with van der Waals surface area (Å²) in [6.45, 7) is 5.30. The molecule has 0 atom stereocenters. The molecule has 2 aromatic rings. The molecule has 4 nitrogen and oxygen atoms in total. The molecule has 18 heavy (non-hydrogen) atoms. The molecule has 0 aliphatic carbocycles. The van der Waals surface area contributed by atoms with Gasteiger partial charge in [-0.1, -0.05) is 12.1 Å². The van der Waals surface area contributed by atoms with Crippen molar-refractivity contribution < 1.29 is 4.74 Å². The second kappa shape index (κ2) is 5.50. The molecule has 0 saturated carbocycles. The Morgan fingerprint density at radius 2 is 1.83 bits per heavy atom. The van der Waals surface area contributed by atoms with Crippen LogP contribution in [0, 0.1) is 6.92 Å². The normalized spacial score (nSPS) is 15.5. The Morgan fingerprint density at radius 1 is 1.11 bits per heavy atom. The molecule has 2 heterocycles. The molecule has 3 rings (SSSR count). The molecule has 0 radical (unpaired) electrons. The van der Waals surface area contributed by atoms with Gasteiger partial charge in [0.2, 0.25) is 0 Å². The summed E-state index contributed by atoms with van der Waals surface area (Å²) in [6, 6.07) is 8.16. The summed E-state index contributed by atoms with van der Waals surface area (Å²) in [5.41, 5.74) is 1.02. The number of ether oxygens (including phenoxy) is 1. The van der Waals surface area contributed by atoms with E-state index in [0.29, 0.717) is 0 Å². The van der Waals surface area contributed by atoms with Crippen molar-refractivity contribution in [3.05, 3.63) is 30.1 Å². The molecule has 1 fully saturated rings. The Morgan fingerprint density at radius 3 is 2.61 bits per heavy atom. The van der Waals surface area contributed by atoms with Crippen LogP contribution in [0.15, 0.2) is 24.3 Å². The van der Waals surface area contributed by atoms with Crippen LogP contribution in [0.5, 0.6) is 0 Å². The molecule has 1 saturated heterocycles. The van der Waals surface area contributed by atoms with Crippen LogP contribution in [0.4, 0.5) is 5.82 Å². The van der Waals surface area contributed by atoms with E-state index in [4.69, 9.17) is 4.74 Å². The third kappa shape index (κ3) is 2.40. The molecule has 1 aromatic carbocycles. The topological polar surface area (TPSA) is 38.2 Å². The maximum Gasteiger partial charge on any atom is 0.140 e. The van der Waals surface area contributed by atoms with Gasteiger partial charge in [-0.2, -0.15) is 0 Å². The molecule has 0 amide bonds. The zero-order valence-corrected chi connectivity index (χ0v) is 11.1. The van der Waals surface area contributed by atoms with E-state index in [-0.39, 0.29) is 12.4 Å². The first-order valence-corrected chi connectivity index (χ1v) is 5.91. The maximum absolute atomic E-state index is 5.38. The van der Waals surface area contributed by atoms with Gasteiger partial charge in [-0.25, -0.2) is 9.97 Å². The molecule has 0 unspecified atom stereocenters. The Kier molecular flexibility index (Phi) is 3.99. The van der Waals surface area contributed by atoms with Crippen molar-refractivity contribution in [1.29, 1.82) is 0 Å². The number of morpholine rings is 1. The van der Waals surface area contributed by atoms with Crippen molar-refractivity contribution in [3.63, 3.8) is 0 Å². The zero-order chi connectivity index (χ0) is 11.7. The Labute approximate surface area is 112 Å². The highest BCUT2D eigenvalue weighted by Crippen LogP contribution is 2.24. The molecule has 1 aromatic heterocycles. The van der Waals surface area contributed by atoms with E-state index in [9.17, 15) is 0 Å². The number of benzene rings is 1. The standard InChI is InChI=1S/C13H15N3O.ClH/c1-10-14-12-5-3-2-4-11(12)13(15-10)16-6-8-17-9-7-16;/h2-5H,6-9H2,1H3;1H. The molecule has 1 aliphatic heterocycles. The van der Waals surface area contributed by atoms with Crippen LogP contribution in [0.2, 0.25) is 0 Å². The summed E-state index contributed by atoms with van der Waals surface area (Å²) < 4.78 is 5.38. The predicted molar refractivity (Wildman–Crippen MR) is 74.6 cm³/mol. The van der Waals surface area contributed by atoms with Crippen LogP contribution in [0.1, 0.15) is 5.82 Å². The minimum absolute atomic E-state index is 0. The molecule has 0 N–H and O–H groups in total. The lowest BCUT2D eigenvalue weighted by molar-refractivity contribution is 0.122. The first-order valence-electron chi connectivity index (χ1n) is 5.91. The van der Waals surface area contributed by atoms with Crippen molar-refractivity contribution in [2.24, 2.45) is 0 Å². The summed E-state index contributed by atoms with van der Waals surface area (Å²) in [5.74, 6) is 1.86. The largest absolute Gasteiger partial charge is 0.378 e. The second-order valence-corrected chi connectivity index (χ2v) is 4.21. The highest BCUT2D eigenvalue weighted by molar-refractivity contribution is 5.89. The van der Waals surface area contributed by atoms with Crippen LogP contribution in [-0.2, 0) is 4.74 Å². The Hall–Kier alpha value is -1.39. The third-order valence-corrected chi connectivity index (χ3v) is 3.01. The predicted octanol–water partition coefficient (Wildman–Crippen LogP) is 2.20. The third-order valence-electron chi connectivity index (χ3n) is 3.01. The van der Waals surface area contributed by atoms with E-state index < -0.39 is 0 Å². The number of nitrogens with zero attached hydrogens (tertiary/aromatic N) is 3. The summed E-state index contributed by atoms with van der Waals surface area (Å²) >= 11 is 0. The van der Waals surface area contributed by atoms with Crippen LogP contribution in [-0.4, -0.2) is 36.3 Å². The lowest BCUT2D eigenvalue weighted by atomic mass is 10.2. The van der Waals surface area contributed by atoms with E-state index in [1.807, 2.05) is 25.1 Å². The fourth-order valence-electron chi connectivity index (χ4n) is 2.19. The number of aryl methyl sites for hydroxylation is 1. The smallest absolute Gasteiger partial charge is 0.140 e. The van der Waals surface area contributed by atoms with E-state index in [2.05, 4.69) is 20.9 Å². The minimum atomic E-state index is 0. The quantitative estimate of drug-likeness (QED) is 0.792. The number of para-hydroxylation sites is 1. The molecule has 1 aliphatic rings. The van der Waals surface area contributed by atoms with Gasteiger partial charge in [-0.3, -0.25) is 0 Å². The Balaban J connectivity index is 0.00000120. The fraction of sp³-hybridized carbons (Fsp3) is 0.385. The fourth-order valence-corrected chi connectivity index (χ4v) is 2.19. The first-order chi connectivity index (χ1) is 8.34. The number of anilines is 1. The number of fused-ring (bicyclic) bond motifs is 1. The summed E-state index contributed by atoms with van der Waals surface area (Å²) in [6.07, 6.45) is 0. The summed E-state index contributed by atoms with van der Waals surface area (Å²) in [4.78, 5) is 11.3. The van der Waals surface area contributed by atoms with Crippen LogP contribution in [0.25, 0.3) is 10.9 Å². The number of halogens is 1. The minimum Gasteiger partial charge on any atom is -0.378 e. The molecule has 5 heteroatoms. The molecule has 0 bridgehead atoms. The van der Waals surface area contributed by atoms with Crippen LogP contribution in [0.3, 0.4) is 0 Å². The summed E-state index contributed by atoms with van der Waals surface area (Å²) in [7, 11) is 0.